The number of nitrogens with two attached hydrogens (primary N) is 1. The standard InChI is InChI=1S/C11H21N3O2/c1-10(2,3)6-8-13-9(14-16-8)11(4,12)7-15-5/h6-7,12H2,1-5H3. The Balaban J connectivity index is 2.79. The predicted octanol–water partition coefficient (Wildman–Crippen LogP) is 1.48. The molecule has 1 atom stereocenters. The van der Waals surface area contributed by atoms with E-state index in [2.05, 4.69) is 30.9 Å². The quantitative estimate of drug-likeness (QED) is 0.843. The Morgan fingerprint density at radius 2 is 1.94 bits per heavy atom. The maximum absolute atomic E-state index is 6.02. The van der Waals surface area contributed by atoms with Crippen molar-refractivity contribution in [1.29, 1.82) is 0 Å². The van der Waals surface area contributed by atoms with Gasteiger partial charge in [0.2, 0.25) is 5.89 Å². The molecular weight excluding hydrogens is 206 g/mol. The van der Waals surface area contributed by atoms with E-state index in [-0.39, 0.29) is 5.41 Å². The molecule has 5 heteroatoms. The summed E-state index contributed by atoms with van der Waals surface area (Å²) in [4.78, 5) is 4.30. The monoisotopic (exact) mass is 227 g/mol. The summed E-state index contributed by atoms with van der Waals surface area (Å²) in [6, 6.07) is 0. The summed E-state index contributed by atoms with van der Waals surface area (Å²) >= 11 is 0. The van der Waals surface area contributed by atoms with Crippen molar-refractivity contribution in [3.8, 4) is 0 Å². The van der Waals surface area contributed by atoms with Crippen molar-refractivity contribution >= 4 is 0 Å². The molecule has 0 aliphatic rings. The van der Waals surface area contributed by atoms with Gasteiger partial charge in [0.15, 0.2) is 5.82 Å². The van der Waals surface area contributed by atoms with Gasteiger partial charge in [-0.25, -0.2) is 0 Å². The van der Waals surface area contributed by atoms with Gasteiger partial charge in [-0.3, -0.25) is 0 Å². The van der Waals surface area contributed by atoms with Crippen molar-refractivity contribution in [2.24, 2.45) is 11.1 Å². The third-order valence-corrected chi connectivity index (χ3v) is 2.10. The van der Waals surface area contributed by atoms with E-state index in [0.717, 1.165) is 6.42 Å². The fraction of sp³-hybridized carbons (Fsp3) is 0.818. The molecule has 1 rings (SSSR count). The van der Waals surface area contributed by atoms with Crippen LogP contribution in [-0.2, 0) is 16.7 Å². The summed E-state index contributed by atoms with van der Waals surface area (Å²) in [5.41, 5.74) is 5.44. The van der Waals surface area contributed by atoms with Gasteiger partial charge in [-0.15, -0.1) is 0 Å². The Hall–Kier alpha value is -0.940. The van der Waals surface area contributed by atoms with Crippen LogP contribution in [-0.4, -0.2) is 23.9 Å². The van der Waals surface area contributed by atoms with Crippen molar-refractivity contribution < 1.29 is 9.26 Å². The highest BCUT2D eigenvalue weighted by atomic mass is 16.5. The number of hydrogen-bond acceptors (Lipinski definition) is 5. The highest BCUT2D eigenvalue weighted by Crippen LogP contribution is 2.21. The summed E-state index contributed by atoms with van der Waals surface area (Å²) < 4.78 is 10.2. The first kappa shape index (κ1) is 13.1. The second-order valence-electron chi connectivity index (χ2n) is 5.60. The zero-order valence-corrected chi connectivity index (χ0v) is 10.7. The first-order valence-corrected chi connectivity index (χ1v) is 5.35. The molecule has 2 N–H and O–H groups in total. The fourth-order valence-corrected chi connectivity index (χ4v) is 1.38. The maximum Gasteiger partial charge on any atom is 0.227 e. The Labute approximate surface area is 96.4 Å². The van der Waals surface area contributed by atoms with E-state index in [1.54, 1.807) is 7.11 Å². The van der Waals surface area contributed by atoms with E-state index in [0.29, 0.717) is 18.3 Å². The molecule has 0 aliphatic carbocycles. The normalized spacial score (nSPS) is 16.1. The lowest BCUT2D eigenvalue weighted by Gasteiger charge is -2.18. The van der Waals surface area contributed by atoms with Crippen LogP contribution < -0.4 is 5.73 Å². The van der Waals surface area contributed by atoms with Crippen LogP contribution in [0.2, 0.25) is 0 Å². The highest BCUT2D eigenvalue weighted by Gasteiger charge is 2.28. The zero-order valence-electron chi connectivity index (χ0n) is 10.7. The van der Waals surface area contributed by atoms with E-state index in [1.807, 2.05) is 6.92 Å². The van der Waals surface area contributed by atoms with Crippen LogP contribution in [0, 0.1) is 5.41 Å². The van der Waals surface area contributed by atoms with Gasteiger partial charge in [-0.2, -0.15) is 4.98 Å². The SMILES string of the molecule is COCC(C)(N)c1noc(CC(C)(C)C)n1. The van der Waals surface area contributed by atoms with Gasteiger partial charge >= 0.3 is 0 Å². The van der Waals surface area contributed by atoms with Crippen LogP contribution in [0.3, 0.4) is 0 Å². The van der Waals surface area contributed by atoms with Crippen molar-refractivity contribution in [1.82, 2.24) is 10.1 Å². The molecule has 0 saturated carbocycles. The molecule has 0 radical (unpaired) electrons. The van der Waals surface area contributed by atoms with Crippen LogP contribution in [0.15, 0.2) is 4.52 Å². The number of hydrogen-bond donors (Lipinski definition) is 1. The van der Waals surface area contributed by atoms with Crippen LogP contribution in [0.5, 0.6) is 0 Å². The molecule has 0 fully saturated rings. The minimum Gasteiger partial charge on any atom is -0.382 e. The Kier molecular flexibility index (Phi) is 3.70. The molecule has 1 heterocycles. The average molecular weight is 227 g/mol. The first-order valence-electron chi connectivity index (χ1n) is 5.35. The van der Waals surface area contributed by atoms with Crippen molar-refractivity contribution in [2.45, 2.75) is 39.7 Å². The second kappa shape index (κ2) is 4.51. The number of aromatic nitrogens is 2. The summed E-state index contributed by atoms with van der Waals surface area (Å²) in [7, 11) is 1.60. The number of nitrogens with zero attached hydrogens (tertiary/aromatic N) is 2. The Morgan fingerprint density at radius 3 is 2.44 bits per heavy atom. The molecule has 1 aromatic heterocycles. The summed E-state index contributed by atoms with van der Waals surface area (Å²) in [6.07, 6.45) is 0.739. The average Bonchev–Trinajstić information content (AvgIpc) is 2.49. The van der Waals surface area contributed by atoms with Crippen molar-refractivity contribution in [3.63, 3.8) is 0 Å². The molecule has 16 heavy (non-hydrogen) atoms. The molecule has 0 aromatic carbocycles. The summed E-state index contributed by atoms with van der Waals surface area (Å²) in [5, 5.41) is 3.90. The van der Waals surface area contributed by atoms with Crippen LogP contribution in [0.25, 0.3) is 0 Å². The second-order valence-corrected chi connectivity index (χ2v) is 5.60. The van der Waals surface area contributed by atoms with E-state index in [1.165, 1.54) is 0 Å². The minimum absolute atomic E-state index is 0.121. The summed E-state index contributed by atoms with van der Waals surface area (Å²) in [6.45, 7) is 8.54. The third-order valence-electron chi connectivity index (χ3n) is 2.10. The predicted molar refractivity (Wildman–Crippen MR) is 60.9 cm³/mol. The fourth-order valence-electron chi connectivity index (χ4n) is 1.38. The van der Waals surface area contributed by atoms with Gasteiger partial charge in [0, 0.05) is 13.5 Å². The molecule has 0 bridgehead atoms. The van der Waals surface area contributed by atoms with Gasteiger partial charge in [0.1, 0.15) is 5.54 Å². The molecule has 92 valence electrons. The molecule has 1 aromatic rings. The minimum atomic E-state index is -0.700. The van der Waals surface area contributed by atoms with Crippen LogP contribution >= 0.6 is 0 Å². The largest absolute Gasteiger partial charge is 0.382 e. The molecule has 5 nitrogen and oxygen atoms in total. The van der Waals surface area contributed by atoms with Gasteiger partial charge in [-0.05, 0) is 12.3 Å². The van der Waals surface area contributed by atoms with Crippen LogP contribution in [0.1, 0.15) is 39.4 Å². The molecule has 0 saturated heterocycles. The zero-order chi connectivity index (χ0) is 12.4. The van der Waals surface area contributed by atoms with Gasteiger partial charge in [0.25, 0.3) is 0 Å². The highest BCUT2D eigenvalue weighted by molar-refractivity contribution is 5.02. The third kappa shape index (κ3) is 3.57. The van der Waals surface area contributed by atoms with Gasteiger partial charge in [0.05, 0.1) is 6.61 Å². The number of rotatable bonds is 4. The molecule has 0 amide bonds. The Bertz CT molecular complexity index is 339. The Morgan fingerprint density at radius 1 is 1.31 bits per heavy atom. The van der Waals surface area contributed by atoms with Gasteiger partial charge < -0.3 is 15.0 Å². The molecular formula is C11H21N3O2. The van der Waals surface area contributed by atoms with Gasteiger partial charge in [-0.1, -0.05) is 25.9 Å². The lowest BCUT2D eigenvalue weighted by Crippen LogP contribution is -2.39. The van der Waals surface area contributed by atoms with E-state index in [9.17, 15) is 0 Å². The lowest BCUT2D eigenvalue weighted by atomic mass is 9.92. The van der Waals surface area contributed by atoms with E-state index in [4.69, 9.17) is 15.0 Å². The maximum atomic E-state index is 6.02. The molecule has 0 aliphatic heterocycles. The molecule has 0 spiro atoms. The van der Waals surface area contributed by atoms with Crippen molar-refractivity contribution in [3.05, 3.63) is 11.7 Å². The first-order chi connectivity index (χ1) is 7.24. The topological polar surface area (TPSA) is 74.2 Å². The van der Waals surface area contributed by atoms with E-state index >= 15 is 0 Å². The number of ether oxygens (including phenoxy) is 1. The molecule has 1 unspecified atom stereocenters. The van der Waals surface area contributed by atoms with E-state index < -0.39 is 5.54 Å². The van der Waals surface area contributed by atoms with Crippen molar-refractivity contribution in [2.75, 3.05) is 13.7 Å². The number of methoxy groups -OCH3 is 1. The smallest absolute Gasteiger partial charge is 0.227 e. The van der Waals surface area contributed by atoms with Crippen LogP contribution in [0.4, 0.5) is 0 Å². The summed E-state index contributed by atoms with van der Waals surface area (Å²) in [5.74, 6) is 1.11. The lowest BCUT2D eigenvalue weighted by molar-refractivity contribution is 0.135.